The number of hydrogen-bond donors (Lipinski definition) is 0. The van der Waals surface area contributed by atoms with Crippen LogP contribution in [0.5, 0.6) is 0 Å². The van der Waals surface area contributed by atoms with Crippen molar-refractivity contribution in [2.45, 2.75) is 44.7 Å². The monoisotopic (exact) mass is 506 g/mol. The lowest BCUT2D eigenvalue weighted by Gasteiger charge is -2.45. The molecule has 0 saturated carbocycles. The van der Waals surface area contributed by atoms with E-state index in [2.05, 4.69) is 10.1 Å². The molecule has 4 aromatic rings. The number of piperidine rings is 1. The summed E-state index contributed by atoms with van der Waals surface area (Å²) in [6.07, 6.45) is 7.13. The fourth-order valence-corrected chi connectivity index (χ4v) is 6.15. The third-order valence-corrected chi connectivity index (χ3v) is 7.45. The minimum atomic E-state index is -0.104. The van der Waals surface area contributed by atoms with Crippen LogP contribution < -0.4 is 0 Å². The van der Waals surface area contributed by atoms with Crippen molar-refractivity contribution in [1.29, 1.82) is 0 Å². The Balaban J connectivity index is 1.45. The molecule has 0 spiro atoms. The lowest BCUT2D eigenvalue weighted by molar-refractivity contribution is 0.0385. The van der Waals surface area contributed by atoms with Gasteiger partial charge in [0, 0.05) is 52.3 Å². The molecule has 1 aromatic carbocycles. The molecule has 7 nitrogen and oxygen atoms in total. The standard InChI is InChI=1S/C26H24Cl2N6O/c1-15-7-8-21(33-10-4-9-29-33)24(30-15)26(35)34-19-5-3-6-22(34)23-20(14-19)25(32(2)31-23)16-11-17(27)13-18(28)12-16/h4,7-13,19,22H,3,5-6,14H2,1-2H3/t19-,22-/m1/s1. The van der Waals surface area contributed by atoms with Gasteiger partial charge in [-0.2, -0.15) is 10.2 Å². The Labute approximate surface area is 213 Å². The first-order valence-electron chi connectivity index (χ1n) is 11.7. The predicted molar refractivity (Wildman–Crippen MR) is 135 cm³/mol. The van der Waals surface area contributed by atoms with Gasteiger partial charge in [-0.1, -0.05) is 23.2 Å². The number of carbonyl (C=O) groups is 1. The largest absolute Gasteiger partial charge is 0.325 e. The molecule has 0 N–H and O–H groups in total. The fourth-order valence-electron chi connectivity index (χ4n) is 5.63. The van der Waals surface area contributed by atoms with Crippen molar-refractivity contribution in [2.75, 3.05) is 0 Å². The van der Waals surface area contributed by atoms with Crippen molar-refractivity contribution >= 4 is 29.1 Å². The van der Waals surface area contributed by atoms with Crippen LogP contribution in [0.1, 0.15) is 52.7 Å². The molecule has 35 heavy (non-hydrogen) atoms. The third-order valence-electron chi connectivity index (χ3n) is 7.01. The van der Waals surface area contributed by atoms with Gasteiger partial charge >= 0.3 is 0 Å². The summed E-state index contributed by atoms with van der Waals surface area (Å²) in [6, 6.07) is 11.2. The van der Waals surface area contributed by atoms with Crippen molar-refractivity contribution in [1.82, 2.24) is 29.4 Å². The van der Waals surface area contributed by atoms with E-state index in [4.69, 9.17) is 28.3 Å². The molecule has 2 atom stereocenters. The summed E-state index contributed by atoms with van der Waals surface area (Å²) >= 11 is 12.6. The van der Waals surface area contributed by atoms with E-state index in [1.54, 1.807) is 16.9 Å². The van der Waals surface area contributed by atoms with Crippen LogP contribution in [-0.2, 0) is 13.5 Å². The highest BCUT2D eigenvalue weighted by molar-refractivity contribution is 6.35. The molecule has 9 heteroatoms. The van der Waals surface area contributed by atoms with E-state index in [-0.39, 0.29) is 18.0 Å². The van der Waals surface area contributed by atoms with E-state index in [0.717, 1.165) is 48.3 Å². The van der Waals surface area contributed by atoms with Crippen molar-refractivity contribution < 1.29 is 4.79 Å². The van der Waals surface area contributed by atoms with Gasteiger partial charge in [-0.05, 0) is 69.0 Å². The van der Waals surface area contributed by atoms with Gasteiger partial charge < -0.3 is 4.90 Å². The van der Waals surface area contributed by atoms with E-state index in [1.807, 2.05) is 60.1 Å². The summed E-state index contributed by atoms with van der Waals surface area (Å²) in [7, 11) is 1.94. The molecule has 1 fully saturated rings. The van der Waals surface area contributed by atoms with Crippen molar-refractivity contribution in [3.05, 3.63) is 81.5 Å². The molecule has 3 aromatic heterocycles. The van der Waals surface area contributed by atoms with E-state index < -0.39 is 0 Å². The smallest absolute Gasteiger partial charge is 0.275 e. The minimum absolute atomic E-state index is 0.0686. The molecular formula is C26H24Cl2N6O. The van der Waals surface area contributed by atoms with Gasteiger partial charge in [0.1, 0.15) is 0 Å². The van der Waals surface area contributed by atoms with Crippen LogP contribution >= 0.6 is 23.2 Å². The Morgan fingerprint density at radius 3 is 2.66 bits per heavy atom. The summed E-state index contributed by atoms with van der Waals surface area (Å²) in [5.41, 5.74) is 5.99. The van der Waals surface area contributed by atoms with Crippen LogP contribution in [0, 0.1) is 6.92 Å². The van der Waals surface area contributed by atoms with Crippen LogP contribution in [0.2, 0.25) is 10.0 Å². The van der Waals surface area contributed by atoms with E-state index in [9.17, 15) is 4.79 Å². The number of halogens is 2. The highest BCUT2D eigenvalue weighted by atomic mass is 35.5. The number of pyridine rings is 1. The lowest BCUT2D eigenvalue weighted by atomic mass is 9.81. The number of hydrogen-bond acceptors (Lipinski definition) is 4. The number of aryl methyl sites for hydroxylation is 2. The first-order chi connectivity index (χ1) is 16.9. The van der Waals surface area contributed by atoms with Crippen LogP contribution in [-0.4, -0.2) is 41.4 Å². The zero-order valence-electron chi connectivity index (χ0n) is 19.4. The predicted octanol–water partition coefficient (Wildman–Crippen LogP) is 5.58. The van der Waals surface area contributed by atoms with Gasteiger partial charge in [0.25, 0.3) is 5.91 Å². The number of aromatic nitrogens is 5. The first kappa shape index (κ1) is 22.3. The number of rotatable bonds is 3. The second-order valence-electron chi connectivity index (χ2n) is 9.28. The zero-order chi connectivity index (χ0) is 24.3. The average Bonchev–Trinajstić information content (AvgIpc) is 3.45. The number of benzene rings is 1. The maximum absolute atomic E-state index is 14.1. The Bertz CT molecular complexity index is 1420. The van der Waals surface area contributed by atoms with Crippen molar-refractivity contribution in [2.24, 2.45) is 7.05 Å². The Morgan fingerprint density at radius 2 is 1.91 bits per heavy atom. The van der Waals surface area contributed by atoms with E-state index in [0.29, 0.717) is 21.4 Å². The van der Waals surface area contributed by atoms with Crippen molar-refractivity contribution in [3.8, 4) is 16.9 Å². The number of fused-ring (bicyclic) bond motifs is 4. The highest BCUT2D eigenvalue weighted by Crippen LogP contribution is 2.45. The Kier molecular flexibility index (Phi) is 5.42. The fraction of sp³-hybridized carbons (Fsp3) is 0.308. The topological polar surface area (TPSA) is 68.8 Å². The van der Waals surface area contributed by atoms with E-state index in [1.165, 1.54) is 5.56 Å². The number of amides is 1. The third kappa shape index (κ3) is 3.74. The molecule has 0 aliphatic carbocycles. The Morgan fingerprint density at radius 1 is 1.11 bits per heavy atom. The highest BCUT2D eigenvalue weighted by Gasteiger charge is 2.44. The number of carbonyl (C=O) groups excluding carboxylic acids is 1. The molecule has 0 radical (unpaired) electrons. The molecule has 1 amide bonds. The second kappa shape index (κ2) is 8.50. The summed E-state index contributed by atoms with van der Waals surface area (Å²) < 4.78 is 3.60. The first-order valence-corrected chi connectivity index (χ1v) is 12.5. The molecule has 2 bridgehead atoms. The van der Waals surface area contributed by atoms with Gasteiger partial charge in [0.2, 0.25) is 0 Å². The summed E-state index contributed by atoms with van der Waals surface area (Å²) in [5.74, 6) is -0.0717. The molecular weight excluding hydrogens is 483 g/mol. The lowest BCUT2D eigenvalue weighted by Crippen LogP contribution is -2.50. The molecule has 2 aliphatic heterocycles. The molecule has 6 rings (SSSR count). The average molecular weight is 507 g/mol. The number of nitrogens with zero attached hydrogens (tertiary/aromatic N) is 6. The van der Waals surface area contributed by atoms with Gasteiger partial charge in [0.15, 0.2) is 5.69 Å². The summed E-state index contributed by atoms with van der Waals surface area (Å²) in [5, 5.41) is 10.4. The molecule has 2 aliphatic rings. The maximum atomic E-state index is 14.1. The summed E-state index contributed by atoms with van der Waals surface area (Å²) in [4.78, 5) is 20.8. The molecule has 178 valence electrons. The van der Waals surface area contributed by atoms with Crippen molar-refractivity contribution in [3.63, 3.8) is 0 Å². The SMILES string of the molecule is Cc1ccc(-n2cccn2)c(C(=O)N2[C@@H]3CCC[C@@H]2c2nn(C)c(-c4cc(Cl)cc(Cl)c4)c2C3)n1. The zero-order valence-corrected chi connectivity index (χ0v) is 21.0. The van der Waals surface area contributed by atoms with Crippen LogP contribution in [0.3, 0.4) is 0 Å². The molecule has 1 saturated heterocycles. The van der Waals surface area contributed by atoms with Crippen LogP contribution in [0.15, 0.2) is 48.8 Å². The molecule has 5 heterocycles. The maximum Gasteiger partial charge on any atom is 0.275 e. The van der Waals surface area contributed by atoms with Gasteiger partial charge in [-0.25, -0.2) is 9.67 Å². The quantitative estimate of drug-likeness (QED) is 0.363. The normalized spacial score (nSPS) is 19.0. The van der Waals surface area contributed by atoms with Gasteiger partial charge in [-0.15, -0.1) is 0 Å². The van der Waals surface area contributed by atoms with Crippen LogP contribution in [0.4, 0.5) is 0 Å². The van der Waals surface area contributed by atoms with E-state index >= 15 is 0 Å². The molecule has 0 unspecified atom stereocenters. The Hall–Kier alpha value is -3.16. The second-order valence-corrected chi connectivity index (χ2v) is 10.2. The summed E-state index contributed by atoms with van der Waals surface area (Å²) in [6.45, 7) is 1.90. The van der Waals surface area contributed by atoms with Gasteiger partial charge in [-0.3, -0.25) is 9.48 Å². The van der Waals surface area contributed by atoms with Gasteiger partial charge in [0.05, 0.1) is 23.1 Å². The van der Waals surface area contributed by atoms with Crippen LogP contribution in [0.25, 0.3) is 16.9 Å². The minimum Gasteiger partial charge on any atom is -0.325 e.